The molecule has 0 aromatic heterocycles. The summed E-state index contributed by atoms with van der Waals surface area (Å²) in [5.41, 5.74) is 0. The van der Waals surface area contributed by atoms with Gasteiger partial charge >= 0.3 is 0 Å². The van der Waals surface area contributed by atoms with E-state index < -0.39 is 0 Å². The van der Waals surface area contributed by atoms with E-state index in [1.807, 2.05) is 0 Å². The van der Waals surface area contributed by atoms with E-state index in [0.29, 0.717) is 119 Å². The van der Waals surface area contributed by atoms with Gasteiger partial charge in [-0.05, 0) is 38.5 Å². The monoisotopic (exact) mass is 582 g/mol. The molecule has 2 fully saturated rings. The molecule has 2 aliphatic rings. The van der Waals surface area contributed by atoms with Crippen molar-refractivity contribution < 1.29 is 56.8 Å². The Labute approximate surface area is 240 Å². The van der Waals surface area contributed by atoms with Crippen LogP contribution in [0.25, 0.3) is 0 Å². The Balaban J connectivity index is 1.13. The van der Waals surface area contributed by atoms with Gasteiger partial charge in [-0.25, -0.2) is 0 Å². The van der Waals surface area contributed by atoms with Gasteiger partial charge < -0.3 is 56.8 Å². The highest BCUT2D eigenvalue weighted by Gasteiger charge is 2.14. The van der Waals surface area contributed by atoms with Crippen LogP contribution in [0.1, 0.15) is 38.5 Å². The summed E-state index contributed by atoms with van der Waals surface area (Å²) in [6.07, 6.45) is 6.41. The van der Waals surface area contributed by atoms with Gasteiger partial charge in [-0.3, -0.25) is 0 Å². The zero-order valence-electron chi connectivity index (χ0n) is 24.4. The molecule has 12 nitrogen and oxygen atoms in total. The molecule has 2 saturated heterocycles. The molecule has 2 unspecified atom stereocenters. The molecule has 2 heterocycles. The van der Waals surface area contributed by atoms with Gasteiger partial charge in [0.25, 0.3) is 0 Å². The van der Waals surface area contributed by atoms with Crippen LogP contribution in [0.3, 0.4) is 0 Å². The molecule has 2 rings (SSSR count). The van der Waals surface area contributed by atoms with Gasteiger partial charge in [-0.2, -0.15) is 0 Å². The molecular weight excluding hydrogens is 528 g/mol. The first-order valence-electron chi connectivity index (χ1n) is 15.0. The van der Waals surface area contributed by atoms with Crippen LogP contribution >= 0.6 is 0 Å². The van der Waals surface area contributed by atoms with E-state index in [-0.39, 0.29) is 12.6 Å². The van der Waals surface area contributed by atoms with Crippen LogP contribution < -0.4 is 0 Å². The molecule has 238 valence electrons. The molecule has 0 aromatic rings. The summed E-state index contributed by atoms with van der Waals surface area (Å²) < 4.78 is 66.0. The number of rotatable bonds is 29. The second-order valence-electron chi connectivity index (χ2n) is 9.23. The van der Waals surface area contributed by atoms with E-state index in [4.69, 9.17) is 56.8 Å². The SMILES string of the molecule is C1CCC(OCCOCCOCCOCCOCCOCCOCCOCCOCCOC2CCCCO2)OC1. The van der Waals surface area contributed by atoms with Crippen LogP contribution in [-0.2, 0) is 56.8 Å². The molecule has 0 amide bonds. The lowest BCUT2D eigenvalue weighted by molar-refractivity contribution is -0.169. The maximum absolute atomic E-state index is 5.60. The largest absolute Gasteiger partial charge is 0.377 e. The average molecular weight is 583 g/mol. The lowest BCUT2D eigenvalue weighted by Crippen LogP contribution is -2.24. The standard InChI is InChI=1S/C28H54O12/c1-3-7-37-27(5-1)39-25-23-35-21-19-33-17-15-31-13-11-29-9-10-30-12-14-32-16-18-34-20-22-36-24-26-40-28-6-2-4-8-38-28/h27-28H,1-26H2. The van der Waals surface area contributed by atoms with E-state index in [9.17, 15) is 0 Å². The Morgan fingerprint density at radius 3 is 0.800 bits per heavy atom. The highest BCUT2D eigenvalue weighted by atomic mass is 16.7. The van der Waals surface area contributed by atoms with Crippen molar-refractivity contribution in [1.29, 1.82) is 0 Å². The van der Waals surface area contributed by atoms with Crippen molar-refractivity contribution >= 4 is 0 Å². The summed E-state index contributed by atoms with van der Waals surface area (Å²) in [5, 5.41) is 0. The van der Waals surface area contributed by atoms with Crippen LogP contribution in [0.4, 0.5) is 0 Å². The van der Waals surface area contributed by atoms with Gasteiger partial charge in [0.15, 0.2) is 12.6 Å². The van der Waals surface area contributed by atoms with E-state index in [1.54, 1.807) is 0 Å². The summed E-state index contributed by atoms with van der Waals surface area (Å²) in [6.45, 7) is 11.2. The van der Waals surface area contributed by atoms with Crippen molar-refractivity contribution in [2.75, 3.05) is 132 Å². The van der Waals surface area contributed by atoms with E-state index in [2.05, 4.69) is 0 Å². The maximum atomic E-state index is 5.60. The predicted octanol–water partition coefficient (Wildman–Crippen LogP) is 2.21. The van der Waals surface area contributed by atoms with Crippen molar-refractivity contribution in [1.82, 2.24) is 0 Å². The van der Waals surface area contributed by atoms with Crippen LogP contribution in [0.2, 0.25) is 0 Å². The number of hydrogen-bond acceptors (Lipinski definition) is 12. The Morgan fingerprint density at radius 1 is 0.325 bits per heavy atom. The number of hydrogen-bond donors (Lipinski definition) is 0. The lowest BCUT2D eigenvalue weighted by atomic mass is 10.2. The molecule has 0 bridgehead atoms. The Hall–Kier alpha value is -0.480. The van der Waals surface area contributed by atoms with Crippen molar-refractivity contribution in [3.63, 3.8) is 0 Å². The van der Waals surface area contributed by atoms with Gasteiger partial charge in [0.2, 0.25) is 0 Å². The van der Waals surface area contributed by atoms with E-state index >= 15 is 0 Å². The summed E-state index contributed by atoms with van der Waals surface area (Å²) >= 11 is 0. The molecule has 0 N–H and O–H groups in total. The first-order valence-corrected chi connectivity index (χ1v) is 15.0. The molecule has 0 aromatic carbocycles. The third-order valence-electron chi connectivity index (χ3n) is 5.94. The fraction of sp³-hybridized carbons (Fsp3) is 1.00. The third-order valence-corrected chi connectivity index (χ3v) is 5.94. The van der Waals surface area contributed by atoms with Gasteiger partial charge in [0.1, 0.15) is 0 Å². The smallest absolute Gasteiger partial charge is 0.157 e. The fourth-order valence-corrected chi connectivity index (χ4v) is 3.80. The second-order valence-corrected chi connectivity index (χ2v) is 9.23. The highest BCUT2D eigenvalue weighted by Crippen LogP contribution is 2.14. The van der Waals surface area contributed by atoms with Gasteiger partial charge in [-0.1, -0.05) is 0 Å². The normalized spacial score (nSPS) is 19.8. The Bertz CT molecular complexity index is 460. The summed E-state index contributed by atoms with van der Waals surface area (Å²) in [5.74, 6) is 0. The molecule has 12 heteroatoms. The molecule has 2 aliphatic heterocycles. The summed E-state index contributed by atoms with van der Waals surface area (Å²) in [6, 6.07) is 0. The van der Waals surface area contributed by atoms with E-state index in [0.717, 1.165) is 38.9 Å². The summed E-state index contributed by atoms with van der Waals surface area (Å²) in [4.78, 5) is 0. The quantitative estimate of drug-likeness (QED) is 0.121. The van der Waals surface area contributed by atoms with Crippen LogP contribution in [0.15, 0.2) is 0 Å². The minimum Gasteiger partial charge on any atom is -0.377 e. The fourth-order valence-electron chi connectivity index (χ4n) is 3.80. The molecule has 0 spiro atoms. The van der Waals surface area contributed by atoms with E-state index in [1.165, 1.54) is 12.8 Å². The Kier molecular flexibility index (Phi) is 25.6. The first kappa shape index (κ1) is 35.7. The van der Waals surface area contributed by atoms with Crippen molar-refractivity contribution in [2.45, 2.75) is 51.1 Å². The van der Waals surface area contributed by atoms with Crippen LogP contribution in [0.5, 0.6) is 0 Å². The highest BCUT2D eigenvalue weighted by molar-refractivity contribution is 4.54. The second kappa shape index (κ2) is 28.6. The third kappa shape index (κ3) is 23.1. The van der Waals surface area contributed by atoms with Gasteiger partial charge in [0.05, 0.1) is 119 Å². The van der Waals surface area contributed by atoms with Crippen molar-refractivity contribution in [2.24, 2.45) is 0 Å². The summed E-state index contributed by atoms with van der Waals surface area (Å²) in [7, 11) is 0. The first-order chi connectivity index (χ1) is 19.9. The predicted molar refractivity (Wildman–Crippen MR) is 146 cm³/mol. The zero-order chi connectivity index (χ0) is 28.0. The maximum Gasteiger partial charge on any atom is 0.157 e. The minimum atomic E-state index is -0.0612. The zero-order valence-corrected chi connectivity index (χ0v) is 24.4. The minimum absolute atomic E-state index is 0.0612. The molecule has 0 radical (unpaired) electrons. The molecular formula is C28H54O12. The van der Waals surface area contributed by atoms with Crippen molar-refractivity contribution in [3.05, 3.63) is 0 Å². The Morgan fingerprint density at radius 2 is 0.575 bits per heavy atom. The average Bonchev–Trinajstić information content (AvgIpc) is 2.99. The van der Waals surface area contributed by atoms with Gasteiger partial charge in [0, 0.05) is 13.2 Å². The molecule has 2 atom stereocenters. The number of ether oxygens (including phenoxy) is 12. The topological polar surface area (TPSA) is 111 Å². The van der Waals surface area contributed by atoms with Crippen molar-refractivity contribution in [3.8, 4) is 0 Å². The molecule has 0 saturated carbocycles. The lowest BCUT2D eigenvalue weighted by Gasteiger charge is -2.22. The van der Waals surface area contributed by atoms with Gasteiger partial charge in [-0.15, -0.1) is 0 Å². The van der Waals surface area contributed by atoms with Crippen LogP contribution in [-0.4, -0.2) is 145 Å². The van der Waals surface area contributed by atoms with Crippen LogP contribution in [0, 0.1) is 0 Å². The molecule has 40 heavy (non-hydrogen) atoms. The molecule has 0 aliphatic carbocycles.